The van der Waals surface area contributed by atoms with E-state index >= 15 is 0 Å². The lowest BCUT2D eigenvalue weighted by Crippen LogP contribution is -2.31. The van der Waals surface area contributed by atoms with E-state index in [-0.39, 0.29) is 0 Å². The number of hydrogen-bond acceptors (Lipinski definition) is 0. The predicted octanol–water partition coefficient (Wildman–Crippen LogP) is 4.43. The summed E-state index contributed by atoms with van der Waals surface area (Å²) >= 11 is 0. The molecule has 0 aliphatic heterocycles. The van der Waals surface area contributed by atoms with Crippen LogP contribution in [-0.2, 0) is 0 Å². The van der Waals surface area contributed by atoms with Gasteiger partial charge in [-0.2, -0.15) is 0 Å². The summed E-state index contributed by atoms with van der Waals surface area (Å²) in [6, 6.07) is 0. The van der Waals surface area contributed by atoms with Crippen LogP contribution in [0.3, 0.4) is 0 Å². The Bertz CT molecular complexity index is 510. The van der Waals surface area contributed by atoms with Gasteiger partial charge < -0.3 is 0 Å². The van der Waals surface area contributed by atoms with Gasteiger partial charge in [-0.3, -0.25) is 0 Å². The fourth-order valence-electron chi connectivity index (χ4n) is 7.56. The molecule has 0 saturated heterocycles. The van der Waals surface area contributed by atoms with Gasteiger partial charge in [-0.15, -0.1) is 5.73 Å². The molecule has 0 aromatic heterocycles. The molecule has 0 N–H and O–H groups in total. The zero-order valence-corrected chi connectivity index (χ0v) is 11.7. The Morgan fingerprint density at radius 1 is 1.05 bits per heavy atom. The van der Waals surface area contributed by atoms with E-state index in [4.69, 9.17) is 0 Å². The first-order valence-corrected chi connectivity index (χ1v) is 8.79. The van der Waals surface area contributed by atoms with E-state index in [1.54, 1.807) is 25.7 Å². The molecule has 1 spiro atoms. The Morgan fingerprint density at radius 3 is 3.05 bits per heavy atom. The summed E-state index contributed by atoms with van der Waals surface area (Å²) in [7, 11) is 0. The van der Waals surface area contributed by atoms with Gasteiger partial charge in [-0.25, -0.2) is 0 Å². The van der Waals surface area contributed by atoms with Crippen molar-refractivity contribution in [2.75, 3.05) is 0 Å². The minimum Gasteiger partial charge on any atom is -0.129 e. The zero-order chi connectivity index (χ0) is 12.2. The fraction of sp³-hybridized carbons (Fsp3) is 0.842. The number of fused-ring (bicyclic) bond motifs is 9. The lowest BCUT2D eigenvalue weighted by atomic mass is 9.66. The monoisotopic (exact) mass is 252 g/mol. The minimum absolute atomic E-state index is 0.848. The smallest absolute Gasteiger partial charge is 0.0123 e. The summed E-state index contributed by atoms with van der Waals surface area (Å²) < 4.78 is 0. The summed E-state index contributed by atoms with van der Waals surface area (Å²) in [6.07, 6.45) is 15.6. The molecule has 0 heterocycles. The molecular weight excluding hydrogens is 228 g/mol. The second-order valence-electron chi connectivity index (χ2n) is 8.69. The highest BCUT2D eigenvalue weighted by Gasteiger charge is 2.78. The Balaban J connectivity index is 1.52. The SMILES string of the molecule is C1=CCC2CCC(C=1)C1CC13CCC2C1CC2C1C23. The van der Waals surface area contributed by atoms with Gasteiger partial charge in [-0.1, -0.05) is 0 Å². The van der Waals surface area contributed by atoms with E-state index in [0.29, 0.717) is 0 Å². The second-order valence-corrected chi connectivity index (χ2v) is 8.69. The lowest BCUT2D eigenvalue weighted by molar-refractivity contribution is 0.112. The van der Waals surface area contributed by atoms with Gasteiger partial charge in [0.2, 0.25) is 0 Å². The topological polar surface area (TPSA) is 0 Å². The van der Waals surface area contributed by atoms with Crippen molar-refractivity contribution in [1.82, 2.24) is 0 Å². The molecule has 0 nitrogen and oxygen atoms in total. The Morgan fingerprint density at radius 2 is 2.05 bits per heavy atom. The van der Waals surface area contributed by atoms with E-state index in [1.807, 2.05) is 0 Å². The third-order valence-electron chi connectivity index (χ3n) is 8.45. The van der Waals surface area contributed by atoms with Gasteiger partial charge in [0.1, 0.15) is 0 Å². The molecular formula is C19H24. The summed E-state index contributed by atoms with van der Waals surface area (Å²) in [5.41, 5.74) is 4.41. The van der Waals surface area contributed by atoms with Crippen LogP contribution in [0, 0.1) is 52.8 Å². The molecule has 100 valence electrons. The molecule has 6 aliphatic carbocycles. The quantitative estimate of drug-likeness (QED) is 0.560. The van der Waals surface area contributed by atoms with Crippen LogP contribution >= 0.6 is 0 Å². The molecule has 4 bridgehead atoms. The van der Waals surface area contributed by atoms with Gasteiger partial charge in [-0.05, 0) is 110 Å². The molecule has 9 unspecified atom stereocenters. The van der Waals surface area contributed by atoms with E-state index in [9.17, 15) is 0 Å². The van der Waals surface area contributed by atoms with Gasteiger partial charge >= 0.3 is 0 Å². The van der Waals surface area contributed by atoms with E-state index in [1.165, 1.54) is 37.0 Å². The Kier molecular flexibility index (Phi) is 1.66. The molecule has 0 amide bonds. The van der Waals surface area contributed by atoms with Gasteiger partial charge in [0.25, 0.3) is 0 Å². The number of hydrogen-bond donors (Lipinski definition) is 0. The summed E-state index contributed by atoms with van der Waals surface area (Å²) in [5, 5.41) is 0. The molecule has 5 fully saturated rings. The van der Waals surface area contributed by atoms with Crippen LogP contribution in [0.25, 0.3) is 0 Å². The second kappa shape index (κ2) is 3.06. The van der Waals surface area contributed by atoms with Crippen LogP contribution in [-0.4, -0.2) is 0 Å². The average Bonchev–Trinajstić information content (AvgIpc) is 3.18. The average molecular weight is 252 g/mol. The number of rotatable bonds is 0. The molecule has 6 aliphatic rings. The van der Waals surface area contributed by atoms with Crippen LogP contribution in [0.2, 0.25) is 0 Å². The first-order valence-electron chi connectivity index (χ1n) is 8.79. The van der Waals surface area contributed by atoms with Gasteiger partial charge in [0.05, 0.1) is 0 Å². The van der Waals surface area contributed by atoms with Crippen molar-refractivity contribution in [3.05, 3.63) is 17.9 Å². The van der Waals surface area contributed by atoms with Crippen LogP contribution in [0.4, 0.5) is 0 Å². The molecule has 0 aromatic carbocycles. The van der Waals surface area contributed by atoms with E-state index < -0.39 is 0 Å². The largest absolute Gasteiger partial charge is 0.129 e. The van der Waals surface area contributed by atoms with Crippen LogP contribution < -0.4 is 0 Å². The first kappa shape index (κ1) is 10.3. The molecule has 9 atom stereocenters. The van der Waals surface area contributed by atoms with Crippen molar-refractivity contribution >= 4 is 0 Å². The van der Waals surface area contributed by atoms with Crippen molar-refractivity contribution in [3.8, 4) is 0 Å². The van der Waals surface area contributed by atoms with Crippen LogP contribution in [0.1, 0.15) is 44.9 Å². The fourth-order valence-corrected chi connectivity index (χ4v) is 7.56. The number of allylic oxidation sites excluding steroid dienone is 1. The minimum atomic E-state index is 0.848. The lowest BCUT2D eigenvalue weighted by Gasteiger charge is -2.38. The molecule has 6 rings (SSSR count). The highest BCUT2D eigenvalue weighted by molar-refractivity contribution is 5.27. The molecule has 19 heavy (non-hydrogen) atoms. The first-order chi connectivity index (χ1) is 9.38. The summed E-state index contributed by atoms with van der Waals surface area (Å²) in [5.74, 6) is 8.86. The van der Waals surface area contributed by atoms with Crippen LogP contribution in [0.5, 0.6) is 0 Å². The molecule has 0 radical (unpaired) electrons. The Hall–Kier alpha value is -0.480. The maximum absolute atomic E-state index is 3.56. The maximum atomic E-state index is 3.56. The van der Waals surface area contributed by atoms with Crippen LogP contribution in [0.15, 0.2) is 17.9 Å². The third-order valence-corrected chi connectivity index (χ3v) is 8.45. The van der Waals surface area contributed by atoms with E-state index in [0.717, 1.165) is 35.0 Å². The van der Waals surface area contributed by atoms with Crippen molar-refractivity contribution in [3.63, 3.8) is 0 Å². The van der Waals surface area contributed by atoms with E-state index in [2.05, 4.69) is 17.9 Å². The molecule has 5 saturated carbocycles. The summed E-state index contributed by atoms with van der Waals surface area (Å²) in [6.45, 7) is 0. The Labute approximate surface area is 116 Å². The van der Waals surface area contributed by atoms with Crippen molar-refractivity contribution in [2.45, 2.75) is 44.9 Å². The van der Waals surface area contributed by atoms with Crippen molar-refractivity contribution < 1.29 is 0 Å². The normalized spacial score (nSPS) is 66.5. The third kappa shape index (κ3) is 1.08. The highest BCUT2D eigenvalue weighted by atomic mass is 14.8. The standard InChI is InChI=1S/C19H24/c1-2-4-12-6-5-11(3-1)13-7-8-19(10-16(12)19)18-15-9-14(13)17(15)18/h1,4,11-18H,3,5-10H2. The summed E-state index contributed by atoms with van der Waals surface area (Å²) in [4.78, 5) is 0. The predicted molar refractivity (Wildman–Crippen MR) is 75.3 cm³/mol. The van der Waals surface area contributed by atoms with Gasteiger partial charge in [0.15, 0.2) is 0 Å². The van der Waals surface area contributed by atoms with Crippen molar-refractivity contribution in [1.29, 1.82) is 0 Å². The zero-order valence-electron chi connectivity index (χ0n) is 11.7. The van der Waals surface area contributed by atoms with Gasteiger partial charge in [0, 0.05) is 0 Å². The maximum Gasteiger partial charge on any atom is -0.0123 e. The highest BCUT2D eigenvalue weighted by Crippen LogP contribution is 2.84. The molecule has 0 heteroatoms. The molecule has 0 aromatic rings. The van der Waals surface area contributed by atoms with Crippen molar-refractivity contribution in [2.24, 2.45) is 52.8 Å².